The van der Waals surface area contributed by atoms with E-state index in [0.29, 0.717) is 22.1 Å². The molecule has 0 aliphatic heterocycles. The van der Waals surface area contributed by atoms with Crippen LogP contribution >= 0.6 is 11.6 Å². The van der Waals surface area contributed by atoms with Gasteiger partial charge in [-0.25, -0.2) is 10.2 Å². The lowest BCUT2D eigenvalue weighted by Gasteiger charge is -2.06. The standard InChI is InChI=1S/C23H19ClN2O4/c1-16-3-2-4-21(13-16)29-15-22(27)26-25-14-17-5-11-20(12-6-17)30-23(28)18-7-9-19(24)10-8-18/h2-14H,15H2,1H3,(H,26,27)/b25-14-. The minimum absolute atomic E-state index is 0.139. The Hall–Kier alpha value is -3.64. The fourth-order valence-electron chi connectivity index (χ4n) is 2.44. The number of hydrogen-bond donors (Lipinski definition) is 1. The minimum atomic E-state index is -0.478. The summed E-state index contributed by atoms with van der Waals surface area (Å²) in [4.78, 5) is 23.9. The summed E-state index contributed by atoms with van der Waals surface area (Å²) in [5.41, 5.74) is 4.57. The van der Waals surface area contributed by atoms with E-state index in [1.807, 2.05) is 25.1 Å². The molecular formula is C23H19ClN2O4. The van der Waals surface area contributed by atoms with Gasteiger partial charge in [0.25, 0.3) is 5.91 Å². The first-order valence-electron chi connectivity index (χ1n) is 9.09. The summed E-state index contributed by atoms with van der Waals surface area (Å²) in [6.07, 6.45) is 1.48. The van der Waals surface area contributed by atoms with Gasteiger partial charge in [0.05, 0.1) is 11.8 Å². The number of ether oxygens (including phenoxy) is 2. The predicted molar refractivity (Wildman–Crippen MR) is 115 cm³/mol. The number of aryl methyl sites for hydroxylation is 1. The summed E-state index contributed by atoms with van der Waals surface area (Å²) in [6, 6.07) is 20.6. The Bertz CT molecular complexity index is 1050. The highest BCUT2D eigenvalue weighted by molar-refractivity contribution is 6.30. The molecule has 0 bridgehead atoms. The maximum atomic E-state index is 12.1. The highest BCUT2D eigenvalue weighted by atomic mass is 35.5. The molecule has 30 heavy (non-hydrogen) atoms. The fraction of sp³-hybridized carbons (Fsp3) is 0.0870. The largest absolute Gasteiger partial charge is 0.484 e. The van der Waals surface area contributed by atoms with Crippen LogP contribution in [0, 0.1) is 6.92 Å². The van der Waals surface area contributed by atoms with E-state index in [-0.39, 0.29) is 12.5 Å². The van der Waals surface area contributed by atoms with Crippen LogP contribution in [0.25, 0.3) is 0 Å². The molecule has 0 heterocycles. The summed E-state index contributed by atoms with van der Waals surface area (Å²) < 4.78 is 10.7. The first kappa shape index (κ1) is 21.1. The average Bonchev–Trinajstić information content (AvgIpc) is 2.74. The summed E-state index contributed by atoms with van der Waals surface area (Å²) >= 11 is 5.81. The van der Waals surface area contributed by atoms with Gasteiger partial charge < -0.3 is 9.47 Å². The normalized spacial score (nSPS) is 10.6. The Morgan fingerprint density at radius 3 is 2.43 bits per heavy atom. The first-order valence-corrected chi connectivity index (χ1v) is 9.46. The van der Waals surface area contributed by atoms with Crippen molar-refractivity contribution in [1.29, 1.82) is 0 Å². The second kappa shape index (κ2) is 10.2. The van der Waals surface area contributed by atoms with E-state index in [0.717, 1.165) is 11.1 Å². The number of nitrogens with one attached hydrogen (secondary N) is 1. The molecule has 0 aliphatic carbocycles. The van der Waals surface area contributed by atoms with Crippen molar-refractivity contribution < 1.29 is 19.1 Å². The lowest BCUT2D eigenvalue weighted by molar-refractivity contribution is -0.123. The van der Waals surface area contributed by atoms with Crippen molar-refractivity contribution in [3.63, 3.8) is 0 Å². The zero-order valence-electron chi connectivity index (χ0n) is 16.2. The van der Waals surface area contributed by atoms with Crippen molar-refractivity contribution in [3.8, 4) is 11.5 Å². The molecule has 3 rings (SSSR count). The number of carbonyl (C=O) groups is 2. The van der Waals surface area contributed by atoms with Crippen LogP contribution < -0.4 is 14.9 Å². The number of rotatable bonds is 7. The van der Waals surface area contributed by atoms with E-state index in [1.54, 1.807) is 54.6 Å². The van der Waals surface area contributed by atoms with E-state index >= 15 is 0 Å². The number of nitrogens with zero attached hydrogens (tertiary/aromatic N) is 1. The lowest BCUT2D eigenvalue weighted by atomic mass is 10.2. The van der Waals surface area contributed by atoms with E-state index in [2.05, 4.69) is 10.5 Å². The van der Waals surface area contributed by atoms with Gasteiger partial charge in [0.15, 0.2) is 6.61 Å². The molecule has 6 nitrogen and oxygen atoms in total. The van der Waals surface area contributed by atoms with E-state index in [4.69, 9.17) is 21.1 Å². The topological polar surface area (TPSA) is 77.0 Å². The molecular weight excluding hydrogens is 404 g/mol. The predicted octanol–water partition coefficient (Wildman–Crippen LogP) is 4.40. The molecule has 0 radical (unpaired) electrons. The van der Waals surface area contributed by atoms with Crippen LogP contribution in [0.5, 0.6) is 11.5 Å². The van der Waals surface area contributed by atoms with Gasteiger partial charge in [-0.05, 0) is 78.7 Å². The van der Waals surface area contributed by atoms with Crippen LogP contribution in [-0.4, -0.2) is 24.7 Å². The van der Waals surface area contributed by atoms with E-state index in [1.165, 1.54) is 6.21 Å². The van der Waals surface area contributed by atoms with Gasteiger partial charge in [0.1, 0.15) is 11.5 Å². The number of carbonyl (C=O) groups excluding carboxylic acids is 2. The molecule has 7 heteroatoms. The van der Waals surface area contributed by atoms with Crippen LogP contribution in [0.2, 0.25) is 5.02 Å². The second-order valence-electron chi connectivity index (χ2n) is 6.36. The van der Waals surface area contributed by atoms with E-state index in [9.17, 15) is 9.59 Å². The van der Waals surface area contributed by atoms with Gasteiger partial charge in [-0.3, -0.25) is 4.79 Å². The maximum absolute atomic E-state index is 12.1. The molecule has 0 spiro atoms. The third-order valence-corrected chi connectivity index (χ3v) is 4.18. The van der Waals surface area contributed by atoms with Crippen LogP contribution in [-0.2, 0) is 4.79 Å². The molecule has 0 saturated carbocycles. The Labute approximate surface area is 179 Å². The van der Waals surface area contributed by atoms with Crippen LogP contribution in [0.1, 0.15) is 21.5 Å². The third-order valence-electron chi connectivity index (χ3n) is 3.93. The molecule has 0 saturated heterocycles. The van der Waals surface area contributed by atoms with Crippen LogP contribution in [0.15, 0.2) is 77.9 Å². The fourth-order valence-corrected chi connectivity index (χ4v) is 2.56. The first-order chi connectivity index (χ1) is 14.5. The second-order valence-corrected chi connectivity index (χ2v) is 6.80. The summed E-state index contributed by atoms with van der Waals surface area (Å²) in [7, 11) is 0. The smallest absolute Gasteiger partial charge is 0.343 e. The number of hydrogen-bond acceptors (Lipinski definition) is 5. The van der Waals surface area contributed by atoms with Gasteiger partial charge in [-0.2, -0.15) is 5.10 Å². The number of hydrazone groups is 1. The highest BCUT2D eigenvalue weighted by Crippen LogP contribution is 2.15. The van der Waals surface area contributed by atoms with E-state index < -0.39 is 5.97 Å². The van der Waals surface area contributed by atoms with Gasteiger partial charge in [0, 0.05) is 5.02 Å². The number of halogens is 1. The summed E-state index contributed by atoms with van der Waals surface area (Å²) in [5, 5.41) is 4.44. The minimum Gasteiger partial charge on any atom is -0.484 e. The molecule has 1 N–H and O–H groups in total. The average molecular weight is 423 g/mol. The molecule has 0 atom stereocenters. The molecule has 0 fully saturated rings. The zero-order valence-corrected chi connectivity index (χ0v) is 16.9. The number of esters is 1. The van der Waals surface area contributed by atoms with Crippen molar-refractivity contribution in [2.24, 2.45) is 5.10 Å². The highest BCUT2D eigenvalue weighted by Gasteiger charge is 2.08. The molecule has 3 aromatic carbocycles. The van der Waals surface area contributed by atoms with Gasteiger partial charge in [0.2, 0.25) is 0 Å². The Kier molecular flexibility index (Phi) is 7.19. The zero-order chi connectivity index (χ0) is 21.3. The Morgan fingerprint density at radius 2 is 1.73 bits per heavy atom. The Morgan fingerprint density at radius 1 is 1.00 bits per heavy atom. The quantitative estimate of drug-likeness (QED) is 0.265. The molecule has 0 unspecified atom stereocenters. The van der Waals surface area contributed by atoms with Gasteiger partial charge >= 0.3 is 5.97 Å². The Balaban J connectivity index is 1.46. The molecule has 0 aliphatic rings. The van der Waals surface area contributed by atoms with Gasteiger partial charge in [-0.15, -0.1) is 0 Å². The van der Waals surface area contributed by atoms with Crippen LogP contribution in [0.3, 0.4) is 0 Å². The third kappa shape index (κ3) is 6.46. The SMILES string of the molecule is Cc1cccc(OCC(=O)N/N=C\c2ccc(OC(=O)c3ccc(Cl)cc3)cc2)c1. The number of amides is 1. The van der Waals surface area contributed by atoms with Crippen molar-refractivity contribution >= 4 is 29.7 Å². The summed E-state index contributed by atoms with van der Waals surface area (Å²) in [6.45, 7) is 1.81. The molecule has 0 aromatic heterocycles. The summed E-state index contributed by atoms with van der Waals surface area (Å²) in [5.74, 6) is 0.163. The monoisotopic (exact) mass is 422 g/mol. The lowest BCUT2D eigenvalue weighted by Crippen LogP contribution is -2.24. The van der Waals surface area contributed by atoms with Crippen LogP contribution in [0.4, 0.5) is 0 Å². The maximum Gasteiger partial charge on any atom is 0.343 e. The number of benzene rings is 3. The van der Waals surface area contributed by atoms with Crippen molar-refractivity contribution in [1.82, 2.24) is 5.43 Å². The van der Waals surface area contributed by atoms with Crippen molar-refractivity contribution in [2.45, 2.75) is 6.92 Å². The molecule has 1 amide bonds. The van der Waals surface area contributed by atoms with Gasteiger partial charge in [-0.1, -0.05) is 23.7 Å². The molecule has 152 valence electrons. The molecule has 3 aromatic rings. The van der Waals surface area contributed by atoms with Crippen molar-refractivity contribution in [3.05, 3.63) is 94.5 Å². The van der Waals surface area contributed by atoms with Crippen molar-refractivity contribution in [2.75, 3.05) is 6.61 Å².